The minimum Gasteiger partial charge on any atom is -0.491 e. The molecule has 0 fully saturated rings. The van der Waals surface area contributed by atoms with Crippen molar-refractivity contribution in [3.05, 3.63) is 45.9 Å². The molecule has 0 amide bonds. The zero-order valence-corrected chi connectivity index (χ0v) is 13.4. The first-order valence-electron chi connectivity index (χ1n) is 6.26. The Bertz CT molecular complexity index is 604. The van der Waals surface area contributed by atoms with Crippen LogP contribution in [0.5, 0.6) is 17.2 Å². The lowest BCUT2D eigenvalue weighted by Crippen LogP contribution is -2.00. The molecule has 0 saturated heterocycles. The largest absolute Gasteiger partial charge is 0.491 e. The maximum Gasteiger partial charge on any atom is 0.154 e. The van der Waals surface area contributed by atoms with E-state index in [0.717, 1.165) is 10.9 Å². The molecule has 3 nitrogen and oxygen atoms in total. The van der Waals surface area contributed by atoms with Crippen molar-refractivity contribution in [1.82, 2.24) is 0 Å². The Labute approximate surface area is 131 Å². The van der Waals surface area contributed by atoms with Gasteiger partial charge in [0.05, 0.1) is 11.6 Å². The van der Waals surface area contributed by atoms with E-state index in [2.05, 4.69) is 15.9 Å². The molecule has 0 aliphatic carbocycles. The highest BCUT2D eigenvalue weighted by molar-refractivity contribution is 9.10. The van der Waals surface area contributed by atoms with Gasteiger partial charge in [-0.15, -0.1) is 0 Å². The third-order valence-electron chi connectivity index (χ3n) is 2.60. The fourth-order valence-electron chi connectivity index (χ4n) is 1.62. The molecule has 106 valence electrons. The summed E-state index contributed by atoms with van der Waals surface area (Å²) in [5.41, 5.74) is 6.52. The van der Waals surface area contributed by atoms with Gasteiger partial charge in [0.1, 0.15) is 17.2 Å². The van der Waals surface area contributed by atoms with Gasteiger partial charge in [0.25, 0.3) is 0 Å². The smallest absolute Gasteiger partial charge is 0.154 e. The lowest BCUT2D eigenvalue weighted by atomic mass is 10.2. The Balaban J connectivity index is 2.27. The van der Waals surface area contributed by atoms with Crippen molar-refractivity contribution in [2.24, 2.45) is 0 Å². The van der Waals surface area contributed by atoms with Crippen molar-refractivity contribution in [3.8, 4) is 17.2 Å². The van der Waals surface area contributed by atoms with Crippen LogP contribution in [0.4, 0.5) is 5.69 Å². The molecular weight excluding hydrogens is 342 g/mol. The van der Waals surface area contributed by atoms with Gasteiger partial charge in [-0.3, -0.25) is 0 Å². The molecule has 0 aromatic heterocycles. The summed E-state index contributed by atoms with van der Waals surface area (Å²) in [6.45, 7) is 2.66. The van der Waals surface area contributed by atoms with Crippen LogP contribution in [0.2, 0.25) is 5.02 Å². The topological polar surface area (TPSA) is 44.5 Å². The highest BCUT2D eigenvalue weighted by atomic mass is 79.9. The van der Waals surface area contributed by atoms with Gasteiger partial charge >= 0.3 is 0 Å². The van der Waals surface area contributed by atoms with Gasteiger partial charge in [-0.05, 0) is 36.8 Å². The zero-order valence-electron chi connectivity index (χ0n) is 11.0. The number of benzene rings is 2. The first kappa shape index (κ1) is 15.0. The van der Waals surface area contributed by atoms with Crippen LogP contribution in [0.15, 0.2) is 40.9 Å². The number of hydrogen-bond donors (Lipinski definition) is 1. The second-order valence-corrected chi connectivity index (χ2v) is 5.52. The monoisotopic (exact) mass is 355 g/mol. The van der Waals surface area contributed by atoms with Gasteiger partial charge in [-0.2, -0.15) is 0 Å². The third kappa shape index (κ3) is 3.58. The minimum atomic E-state index is 0.469. The normalized spacial score (nSPS) is 10.3. The molecule has 5 heteroatoms. The first-order valence-corrected chi connectivity index (χ1v) is 7.43. The average molecular weight is 357 g/mol. The van der Waals surface area contributed by atoms with Gasteiger partial charge in [0.15, 0.2) is 5.75 Å². The molecule has 0 atom stereocenters. The molecule has 0 spiro atoms. The SMILES string of the molecule is CCCOc1cccc(Oc2cc(Br)ccc2Cl)c1N. The molecule has 2 aromatic carbocycles. The van der Waals surface area contributed by atoms with Crippen molar-refractivity contribution in [1.29, 1.82) is 0 Å². The van der Waals surface area contributed by atoms with Crippen molar-refractivity contribution < 1.29 is 9.47 Å². The van der Waals surface area contributed by atoms with Crippen LogP contribution >= 0.6 is 27.5 Å². The van der Waals surface area contributed by atoms with Crippen LogP contribution in [-0.4, -0.2) is 6.61 Å². The van der Waals surface area contributed by atoms with Gasteiger partial charge in [-0.1, -0.05) is 40.5 Å². The maximum atomic E-state index is 6.10. The first-order chi connectivity index (χ1) is 9.61. The molecule has 2 N–H and O–H groups in total. The lowest BCUT2D eigenvalue weighted by Gasteiger charge is -2.13. The Morgan fingerprint density at radius 1 is 1.15 bits per heavy atom. The second kappa shape index (κ2) is 6.86. The Hall–Kier alpha value is -1.39. The van der Waals surface area contributed by atoms with E-state index in [1.54, 1.807) is 18.2 Å². The predicted molar refractivity (Wildman–Crippen MR) is 85.9 cm³/mol. The summed E-state index contributed by atoms with van der Waals surface area (Å²) in [4.78, 5) is 0. The molecular formula is C15H15BrClNO2. The van der Waals surface area contributed by atoms with Crippen LogP contribution in [-0.2, 0) is 0 Å². The van der Waals surface area contributed by atoms with Gasteiger partial charge < -0.3 is 15.2 Å². The van der Waals surface area contributed by atoms with E-state index in [4.69, 9.17) is 26.8 Å². The van der Waals surface area contributed by atoms with Crippen LogP contribution in [0.3, 0.4) is 0 Å². The summed E-state index contributed by atoms with van der Waals surface area (Å²) in [7, 11) is 0. The number of anilines is 1. The number of halogens is 2. The van der Waals surface area contributed by atoms with E-state index in [1.165, 1.54) is 0 Å². The number of ether oxygens (including phenoxy) is 2. The molecule has 0 bridgehead atoms. The molecule has 0 unspecified atom stereocenters. The van der Waals surface area contributed by atoms with E-state index in [0.29, 0.717) is 34.6 Å². The van der Waals surface area contributed by atoms with E-state index in [-0.39, 0.29) is 0 Å². The molecule has 20 heavy (non-hydrogen) atoms. The van der Waals surface area contributed by atoms with Crippen molar-refractivity contribution >= 4 is 33.2 Å². The van der Waals surface area contributed by atoms with Crippen LogP contribution < -0.4 is 15.2 Å². The van der Waals surface area contributed by atoms with E-state index in [9.17, 15) is 0 Å². The number of nitrogen functional groups attached to an aromatic ring is 1. The summed E-state index contributed by atoms with van der Waals surface area (Å²) in [6.07, 6.45) is 0.919. The standard InChI is InChI=1S/C15H15BrClNO2/c1-2-8-19-12-4-3-5-13(15(12)18)20-14-9-10(16)6-7-11(14)17/h3-7,9H,2,8,18H2,1H3. The van der Waals surface area contributed by atoms with E-state index < -0.39 is 0 Å². The zero-order chi connectivity index (χ0) is 14.5. The predicted octanol–water partition coefficient (Wildman–Crippen LogP) is 5.27. The van der Waals surface area contributed by atoms with E-state index >= 15 is 0 Å². The Morgan fingerprint density at radius 3 is 2.65 bits per heavy atom. The average Bonchev–Trinajstić information content (AvgIpc) is 2.44. The number of para-hydroxylation sites is 1. The van der Waals surface area contributed by atoms with E-state index in [1.807, 2.05) is 25.1 Å². The molecule has 0 aliphatic heterocycles. The van der Waals surface area contributed by atoms with Gasteiger partial charge in [-0.25, -0.2) is 0 Å². The van der Waals surface area contributed by atoms with Crippen LogP contribution in [0.1, 0.15) is 13.3 Å². The van der Waals surface area contributed by atoms with Crippen molar-refractivity contribution in [2.75, 3.05) is 12.3 Å². The second-order valence-electron chi connectivity index (χ2n) is 4.19. The summed E-state index contributed by atoms with van der Waals surface area (Å²) < 4.78 is 12.2. The van der Waals surface area contributed by atoms with Crippen LogP contribution in [0, 0.1) is 0 Å². The summed E-state index contributed by atoms with van der Waals surface area (Å²) in [5, 5.41) is 0.521. The number of hydrogen-bond acceptors (Lipinski definition) is 3. The number of rotatable bonds is 5. The van der Waals surface area contributed by atoms with Crippen molar-refractivity contribution in [2.45, 2.75) is 13.3 Å². The molecule has 0 heterocycles. The highest BCUT2D eigenvalue weighted by Crippen LogP contribution is 2.38. The number of nitrogens with two attached hydrogens (primary N) is 1. The third-order valence-corrected chi connectivity index (χ3v) is 3.41. The fraction of sp³-hybridized carbons (Fsp3) is 0.200. The molecule has 0 saturated carbocycles. The summed E-state index contributed by atoms with van der Waals surface area (Å²) >= 11 is 9.49. The van der Waals surface area contributed by atoms with Gasteiger partial charge in [0.2, 0.25) is 0 Å². The Kier molecular flexibility index (Phi) is 5.15. The lowest BCUT2D eigenvalue weighted by molar-refractivity contribution is 0.318. The summed E-state index contributed by atoms with van der Waals surface area (Å²) in [5.74, 6) is 1.69. The Morgan fingerprint density at radius 2 is 1.90 bits per heavy atom. The highest BCUT2D eigenvalue weighted by Gasteiger charge is 2.10. The van der Waals surface area contributed by atoms with Gasteiger partial charge in [0, 0.05) is 4.47 Å². The van der Waals surface area contributed by atoms with Crippen LogP contribution in [0.25, 0.3) is 0 Å². The minimum absolute atomic E-state index is 0.469. The molecule has 0 radical (unpaired) electrons. The fourth-order valence-corrected chi connectivity index (χ4v) is 2.12. The molecule has 0 aliphatic rings. The quantitative estimate of drug-likeness (QED) is 0.743. The summed E-state index contributed by atoms with van der Waals surface area (Å²) in [6, 6.07) is 10.8. The van der Waals surface area contributed by atoms with Crippen molar-refractivity contribution in [3.63, 3.8) is 0 Å². The maximum absolute atomic E-state index is 6.10. The molecule has 2 aromatic rings. The molecule has 2 rings (SSSR count).